The summed E-state index contributed by atoms with van der Waals surface area (Å²) in [6, 6.07) is 6.21. The van der Waals surface area contributed by atoms with Crippen LogP contribution in [0.2, 0.25) is 5.02 Å². The molecule has 0 aliphatic heterocycles. The molecule has 0 fully saturated rings. The molecular formula is C16H23ClN2S. The van der Waals surface area contributed by atoms with Crippen LogP contribution in [0, 0.1) is 0 Å². The summed E-state index contributed by atoms with van der Waals surface area (Å²) in [4.78, 5) is 1.43. The minimum atomic E-state index is 0.820. The van der Waals surface area contributed by atoms with Gasteiger partial charge in [0.25, 0.3) is 0 Å². The van der Waals surface area contributed by atoms with E-state index in [1.54, 1.807) is 0 Å². The number of hydrogen-bond donors (Lipinski definition) is 2. The second kappa shape index (κ2) is 7.99. The average molecular weight is 311 g/mol. The maximum atomic E-state index is 6.16. The van der Waals surface area contributed by atoms with Gasteiger partial charge < -0.3 is 10.6 Å². The molecule has 2 N–H and O–H groups in total. The summed E-state index contributed by atoms with van der Waals surface area (Å²) in [6.45, 7) is 8.39. The minimum Gasteiger partial charge on any atom is -0.313 e. The highest BCUT2D eigenvalue weighted by molar-refractivity contribution is 7.19. The van der Waals surface area contributed by atoms with E-state index >= 15 is 0 Å². The zero-order chi connectivity index (χ0) is 14.4. The molecule has 4 heteroatoms. The topological polar surface area (TPSA) is 24.1 Å². The van der Waals surface area contributed by atoms with Gasteiger partial charge in [-0.3, -0.25) is 0 Å². The predicted molar refractivity (Wildman–Crippen MR) is 90.8 cm³/mol. The van der Waals surface area contributed by atoms with Gasteiger partial charge in [0.2, 0.25) is 0 Å². The van der Waals surface area contributed by atoms with E-state index in [0.717, 1.165) is 37.6 Å². The zero-order valence-corrected chi connectivity index (χ0v) is 13.8. The predicted octanol–water partition coefficient (Wildman–Crippen LogP) is 4.55. The molecule has 1 aromatic heterocycles. The first kappa shape index (κ1) is 15.8. The van der Waals surface area contributed by atoms with Crippen LogP contribution >= 0.6 is 22.9 Å². The van der Waals surface area contributed by atoms with E-state index in [0.29, 0.717) is 0 Å². The summed E-state index contributed by atoms with van der Waals surface area (Å²) >= 11 is 8.04. The second-order valence-electron chi connectivity index (χ2n) is 5.00. The van der Waals surface area contributed by atoms with Gasteiger partial charge in [-0.1, -0.05) is 25.4 Å². The smallest absolute Gasteiger partial charge is 0.0413 e. The van der Waals surface area contributed by atoms with Gasteiger partial charge in [-0.2, -0.15) is 0 Å². The fourth-order valence-corrected chi connectivity index (χ4v) is 3.62. The second-order valence-corrected chi connectivity index (χ2v) is 6.57. The first-order chi connectivity index (χ1) is 9.76. The van der Waals surface area contributed by atoms with Crippen molar-refractivity contribution in [1.82, 2.24) is 10.6 Å². The van der Waals surface area contributed by atoms with Crippen LogP contribution in [-0.2, 0) is 13.1 Å². The molecule has 1 heterocycles. The first-order valence-electron chi connectivity index (χ1n) is 7.37. The van der Waals surface area contributed by atoms with Crippen LogP contribution in [0.15, 0.2) is 18.2 Å². The quantitative estimate of drug-likeness (QED) is 0.699. The van der Waals surface area contributed by atoms with E-state index in [1.165, 1.54) is 26.9 Å². The molecule has 0 unspecified atom stereocenters. The molecule has 2 aromatic rings. The number of halogens is 1. The van der Waals surface area contributed by atoms with Crippen molar-refractivity contribution >= 4 is 33.0 Å². The van der Waals surface area contributed by atoms with Crippen LogP contribution < -0.4 is 10.6 Å². The monoisotopic (exact) mass is 310 g/mol. The molecule has 0 radical (unpaired) electrons. The van der Waals surface area contributed by atoms with Crippen molar-refractivity contribution in [3.8, 4) is 0 Å². The molecule has 0 spiro atoms. The molecule has 2 nitrogen and oxygen atoms in total. The fourth-order valence-electron chi connectivity index (χ4n) is 2.28. The van der Waals surface area contributed by atoms with Gasteiger partial charge in [0.15, 0.2) is 0 Å². The van der Waals surface area contributed by atoms with Crippen molar-refractivity contribution in [3.05, 3.63) is 33.7 Å². The summed E-state index contributed by atoms with van der Waals surface area (Å²) in [7, 11) is 0. The highest BCUT2D eigenvalue weighted by Crippen LogP contribution is 2.33. The molecule has 0 aliphatic rings. The number of fused-ring (bicyclic) bond motifs is 1. The van der Waals surface area contributed by atoms with Crippen LogP contribution in [0.25, 0.3) is 10.1 Å². The van der Waals surface area contributed by atoms with E-state index < -0.39 is 0 Å². The lowest BCUT2D eigenvalue weighted by Crippen LogP contribution is -2.17. The van der Waals surface area contributed by atoms with Crippen molar-refractivity contribution in [2.75, 3.05) is 13.1 Å². The van der Waals surface area contributed by atoms with Gasteiger partial charge in [0.05, 0.1) is 0 Å². The normalized spacial score (nSPS) is 11.3. The maximum Gasteiger partial charge on any atom is 0.0413 e. The third-order valence-corrected chi connectivity index (χ3v) is 4.73. The molecule has 0 amide bonds. The third kappa shape index (κ3) is 3.95. The van der Waals surface area contributed by atoms with Gasteiger partial charge in [0.1, 0.15) is 0 Å². The van der Waals surface area contributed by atoms with Crippen LogP contribution in [-0.4, -0.2) is 13.1 Å². The maximum absolute atomic E-state index is 6.16. The lowest BCUT2D eigenvalue weighted by molar-refractivity contribution is 0.656. The van der Waals surface area contributed by atoms with Gasteiger partial charge in [0, 0.05) is 27.7 Å². The van der Waals surface area contributed by atoms with Crippen LogP contribution in [0.4, 0.5) is 0 Å². The first-order valence-corrected chi connectivity index (χ1v) is 8.57. The largest absolute Gasteiger partial charge is 0.313 e. The van der Waals surface area contributed by atoms with Crippen molar-refractivity contribution < 1.29 is 0 Å². The summed E-state index contributed by atoms with van der Waals surface area (Å²) in [5.74, 6) is 0. The molecule has 0 bridgehead atoms. The van der Waals surface area contributed by atoms with Gasteiger partial charge in [-0.15, -0.1) is 11.3 Å². The Labute approximate surface area is 130 Å². The number of benzene rings is 1. The van der Waals surface area contributed by atoms with Gasteiger partial charge in [-0.25, -0.2) is 0 Å². The van der Waals surface area contributed by atoms with E-state index in [-0.39, 0.29) is 0 Å². The number of hydrogen-bond acceptors (Lipinski definition) is 3. The minimum absolute atomic E-state index is 0.820. The van der Waals surface area contributed by atoms with Crippen LogP contribution in [0.5, 0.6) is 0 Å². The number of thiophene rings is 1. The lowest BCUT2D eigenvalue weighted by atomic mass is 10.1. The van der Waals surface area contributed by atoms with Crippen molar-refractivity contribution in [2.45, 2.75) is 39.8 Å². The van der Waals surface area contributed by atoms with Gasteiger partial charge >= 0.3 is 0 Å². The highest BCUT2D eigenvalue weighted by atomic mass is 35.5. The Morgan fingerprint density at radius 3 is 2.45 bits per heavy atom. The standard InChI is InChI=1S/C16H23ClN2S/c1-3-7-18-10-14-13-9-12(17)5-6-15(13)20-16(14)11-19-8-4-2/h5-6,9,18-19H,3-4,7-8,10-11H2,1-2H3. The lowest BCUT2D eigenvalue weighted by Gasteiger charge is -2.07. The molecule has 110 valence electrons. The molecule has 0 atom stereocenters. The van der Waals surface area contributed by atoms with Gasteiger partial charge in [-0.05, 0) is 55.1 Å². The Bertz CT molecular complexity index is 551. The average Bonchev–Trinajstić information content (AvgIpc) is 2.77. The van der Waals surface area contributed by atoms with E-state index in [2.05, 4.69) is 36.6 Å². The summed E-state index contributed by atoms with van der Waals surface area (Å²) in [5, 5.41) is 9.15. The molecule has 0 saturated heterocycles. The molecule has 20 heavy (non-hydrogen) atoms. The molecule has 0 saturated carbocycles. The van der Waals surface area contributed by atoms with Crippen molar-refractivity contribution in [2.24, 2.45) is 0 Å². The Hall–Kier alpha value is -0.610. The highest BCUT2D eigenvalue weighted by Gasteiger charge is 2.11. The molecule has 1 aromatic carbocycles. The molecule has 0 aliphatic carbocycles. The Balaban J connectivity index is 2.25. The van der Waals surface area contributed by atoms with Crippen LogP contribution in [0.3, 0.4) is 0 Å². The molecular weight excluding hydrogens is 288 g/mol. The van der Waals surface area contributed by atoms with E-state index in [9.17, 15) is 0 Å². The summed E-state index contributed by atoms with van der Waals surface area (Å²) in [6.07, 6.45) is 2.33. The Morgan fingerprint density at radius 2 is 1.75 bits per heavy atom. The number of rotatable bonds is 8. The number of nitrogens with one attached hydrogen (secondary N) is 2. The summed E-state index contributed by atoms with van der Waals surface area (Å²) in [5.41, 5.74) is 1.41. The fraction of sp³-hybridized carbons (Fsp3) is 0.500. The Morgan fingerprint density at radius 1 is 1.05 bits per heavy atom. The molecule has 2 rings (SSSR count). The zero-order valence-electron chi connectivity index (χ0n) is 12.3. The van der Waals surface area contributed by atoms with Crippen molar-refractivity contribution in [1.29, 1.82) is 0 Å². The third-order valence-electron chi connectivity index (χ3n) is 3.28. The Kier molecular flexibility index (Phi) is 6.30. The van der Waals surface area contributed by atoms with E-state index in [1.807, 2.05) is 17.4 Å². The van der Waals surface area contributed by atoms with E-state index in [4.69, 9.17) is 11.6 Å². The van der Waals surface area contributed by atoms with Crippen LogP contribution in [0.1, 0.15) is 37.1 Å². The van der Waals surface area contributed by atoms with Crippen molar-refractivity contribution in [3.63, 3.8) is 0 Å². The summed E-state index contributed by atoms with van der Waals surface area (Å²) < 4.78 is 1.33. The SMILES string of the molecule is CCCNCc1sc2ccc(Cl)cc2c1CNCCC.